The Balaban J connectivity index is 0.927. The first-order chi connectivity index (χ1) is 29.3. The van der Waals surface area contributed by atoms with E-state index in [1.54, 1.807) is 0 Å². The van der Waals surface area contributed by atoms with Crippen LogP contribution in [0, 0.1) is 46.3 Å². The summed E-state index contributed by atoms with van der Waals surface area (Å²) in [5, 5.41) is 102. The van der Waals surface area contributed by atoms with Crippen molar-refractivity contribution in [3.8, 4) is 0 Å². The maximum absolute atomic E-state index is 12.3. The maximum Gasteiger partial charge on any atom is 0.187 e. The molecule has 0 radical (unpaired) electrons. The summed E-state index contributed by atoms with van der Waals surface area (Å²) >= 11 is 0. The standard InChI is InChI=1S/C45H73NO16/c1-18-9-12-45(46-16-18)19(2)30-27(62-45)14-26-24-8-7-22-13-23(10-11-43(22,5)25(24)15-29(48)44(26,30)6)58-42-39(61-41-36(54)34(52)32(50)21(4)57-41)37(55)38(28(17-47)59-42)60-40-35(53)33(51)31(49)20(3)56-40/h7,18-21,23-42,46-55H,8-17H2,1-6H3/t18-,19+,20+,21+,23+,24?,25?,26?,27?,28-,29+,30?,31+,32+,33-,34-,35-,36-,37+,38+,39-,40+,41+,42?,43+,44-,45?/m1/s1. The molecule has 354 valence electrons. The number of fused-ring (bicyclic) bond motifs is 7. The minimum absolute atomic E-state index is 0.116. The van der Waals surface area contributed by atoms with Crippen molar-refractivity contribution in [1.29, 1.82) is 0 Å². The second-order valence-corrected chi connectivity index (χ2v) is 21.3. The highest BCUT2D eigenvalue weighted by Crippen LogP contribution is 2.70. The van der Waals surface area contributed by atoms with Gasteiger partial charge in [-0.1, -0.05) is 39.3 Å². The van der Waals surface area contributed by atoms with Gasteiger partial charge < -0.3 is 79.1 Å². The van der Waals surface area contributed by atoms with Gasteiger partial charge in [-0.15, -0.1) is 0 Å². The molecule has 7 unspecified atom stereocenters. The van der Waals surface area contributed by atoms with Crippen LogP contribution in [0.2, 0.25) is 0 Å². The lowest BCUT2D eigenvalue weighted by Crippen LogP contribution is -2.66. The molecule has 9 aliphatic rings. The van der Waals surface area contributed by atoms with Crippen molar-refractivity contribution >= 4 is 0 Å². The molecular weight excluding hydrogens is 810 g/mol. The summed E-state index contributed by atoms with van der Waals surface area (Å²) in [6.45, 7) is 12.6. The molecule has 0 aromatic rings. The van der Waals surface area contributed by atoms with Gasteiger partial charge in [0.1, 0.15) is 66.8 Å². The van der Waals surface area contributed by atoms with E-state index in [9.17, 15) is 46.0 Å². The summed E-state index contributed by atoms with van der Waals surface area (Å²) in [7, 11) is 0. The Morgan fingerprint density at radius 3 is 1.97 bits per heavy atom. The van der Waals surface area contributed by atoms with Crippen LogP contribution in [0.25, 0.3) is 0 Å². The molecule has 17 nitrogen and oxygen atoms in total. The van der Waals surface area contributed by atoms with E-state index in [1.807, 2.05) is 0 Å². The van der Waals surface area contributed by atoms with Crippen molar-refractivity contribution in [3.05, 3.63) is 11.6 Å². The van der Waals surface area contributed by atoms with Crippen LogP contribution >= 0.6 is 0 Å². The average Bonchev–Trinajstić information content (AvgIpc) is 3.70. The number of ether oxygens (including phenoxy) is 7. The van der Waals surface area contributed by atoms with Crippen LogP contribution in [0.3, 0.4) is 0 Å². The second kappa shape index (κ2) is 17.0. The highest BCUT2D eigenvalue weighted by Gasteiger charge is 2.71. The predicted molar refractivity (Wildman–Crippen MR) is 216 cm³/mol. The molecule has 3 saturated carbocycles. The Labute approximate surface area is 364 Å². The Bertz CT molecular complexity index is 1630. The molecule has 9 rings (SSSR count). The first-order valence-corrected chi connectivity index (χ1v) is 23.4. The van der Waals surface area contributed by atoms with E-state index in [2.05, 4.69) is 39.1 Å². The fraction of sp³-hybridized carbons (Fsp3) is 0.956. The third-order valence-corrected chi connectivity index (χ3v) is 18.0. The monoisotopic (exact) mass is 883 g/mol. The van der Waals surface area contributed by atoms with Crippen molar-refractivity contribution in [2.75, 3.05) is 13.2 Å². The van der Waals surface area contributed by atoms with Crippen LogP contribution in [0.4, 0.5) is 0 Å². The summed E-state index contributed by atoms with van der Waals surface area (Å²) in [5.74, 6) is 2.20. The zero-order chi connectivity index (χ0) is 44.4. The van der Waals surface area contributed by atoms with Gasteiger partial charge in [0, 0.05) is 17.9 Å². The molecular formula is C45H73NO16. The van der Waals surface area contributed by atoms with Crippen molar-refractivity contribution in [2.45, 2.75) is 209 Å². The van der Waals surface area contributed by atoms with Gasteiger partial charge in [0.15, 0.2) is 18.9 Å². The first kappa shape index (κ1) is 46.2. The molecule has 5 heterocycles. The highest BCUT2D eigenvalue weighted by molar-refractivity contribution is 5.27. The topological polar surface area (TPSA) is 259 Å². The van der Waals surface area contributed by atoms with Crippen LogP contribution in [-0.4, -0.2) is 175 Å². The van der Waals surface area contributed by atoms with E-state index in [0.29, 0.717) is 42.9 Å². The quantitative estimate of drug-likeness (QED) is 0.148. The Morgan fingerprint density at radius 2 is 1.35 bits per heavy atom. The minimum atomic E-state index is -1.73. The number of allylic oxidation sites excluding steroid dienone is 1. The molecule has 62 heavy (non-hydrogen) atoms. The van der Waals surface area contributed by atoms with Gasteiger partial charge in [0.2, 0.25) is 0 Å². The summed E-state index contributed by atoms with van der Waals surface area (Å²) in [5.41, 5.74) is 0.504. The summed E-state index contributed by atoms with van der Waals surface area (Å²) in [4.78, 5) is 0. The number of nitrogens with one attached hydrogen (secondary N) is 1. The Morgan fingerprint density at radius 1 is 0.710 bits per heavy atom. The minimum Gasteiger partial charge on any atom is -0.394 e. The number of aliphatic hydroxyl groups is 9. The van der Waals surface area contributed by atoms with Crippen molar-refractivity contribution in [2.24, 2.45) is 46.3 Å². The van der Waals surface area contributed by atoms with E-state index in [4.69, 9.17) is 33.2 Å². The van der Waals surface area contributed by atoms with Crippen LogP contribution in [-0.2, 0) is 33.2 Å². The lowest BCUT2D eigenvalue weighted by atomic mass is 9.46. The molecule has 1 spiro atoms. The normalized spacial score (nSPS) is 58.9. The van der Waals surface area contributed by atoms with E-state index in [0.717, 1.165) is 38.6 Å². The first-order valence-electron chi connectivity index (χ1n) is 23.4. The molecule has 0 amide bonds. The van der Waals surface area contributed by atoms with Gasteiger partial charge in [0.05, 0.1) is 37.1 Å². The molecule has 0 aromatic heterocycles. The lowest BCUT2D eigenvalue weighted by Gasteiger charge is -2.60. The zero-order valence-corrected chi connectivity index (χ0v) is 36.9. The van der Waals surface area contributed by atoms with Gasteiger partial charge in [0.25, 0.3) is 0 Å². The highest BCUT2D eigenvalue weighted by atomic mass is 16.8. The van der Waals surface area contributed by atoms with Crippen LogP contribution in [0.5, 0.6) is 0 Å². The molecule has 4 aliphatic carbocycles. The smallest absolute Gasteiger partial charge is 0.187 e. The number of aliphatic hydroxyl groups excluding tert-OH is 9. The summed E-state index contributed by atoms with van der Waals surface area (Å²) < 4.78 is 43.6. The molecule has 5 saturated heterocycles. The van der Waals surface area contributed by atoms with Gasteiger partial charge in [-0.25, -0.2) is 0 Å². The predicted octanol–water partition coefficient (Wildman–Crippen LogP) is -0.214. The molecule has 10 N–H and O–H groups in total. The van der Waals surface area contributed by atoms with E-state index >= 15 is 0 Å². The third-order valence-electron chi connectivity index (χ3n) is 18.0. The van der Waals surface area contributed by atoms with E-state index in [-0.39, 0.29) is 34.5 Å². The number of rotatable bonds is 7. The SMILES string of the molecule is C[C@@H]1CCC2(NC1)OC1CC3C4CC=C5C[C@@H](OC6O[C@H](CO)[C@H](O[C@@H]7O[C@@H](C)[C@H](O)[C@@H](O)[C@H]7O)[C@H](O)[C@H]6O[C@@H]6O[C@@H](C)[C@H](O)[C@@H](O)[C@H]6O)CC[C@]5(C)C4C[C@H](O)[C@]3(C)C1[C@@H]2C. The third kappa shape index (κ3) is 7.31. The lowest BCUT2D eigenvalue weighted by molar-refractivity contribution is -0.388. The summed E-state index contributed by atoms with van der Waals surface area (Å²) in [6, 6.07) is 0. The van der Waals surface area contributed by atoms with Crippen LogP contribution < -0.4 is 5.32 Å². The molecule has 0 aromatic carbocycles. The van der Waals surface area contributed by atoms with Gasteiger partial charge in [-0.05, 0) is 100 Å². The Kier molecular flexibility index (Phi) is 12.7. The van der Waals surface area contributed by atoms with E-state index < -0.39 is 111 Å². The summed E-state index contributed by atoms with van der Waals surface area (Å²) in [6.07, 6.45) is -13.5. The van der Waals surface area contributed by atoms with E-state index in [1.165, 1.54) is 19.4 Å². The average molecular weight is 884 g/mol. The van der Waals surface area contributed by atoms with Crippen molar-refractivity contribution in [1.82, 2.24) is 5.32 Å². The molecule has 5 aliphatic heterocycles. The van der Waals surface area contributed by atoms with Gasteiger partial charge >= 0.3 is 0 Å². The van der Waals surface area contributed by atoms with Gasteiger partial charge in [-0.3, -0.25) is 5.32 Å². The van der Waals surface area contributed by atoms with Crippen LogP contribution in [0.1, 0.15) is 92.9 Å². The Hall–Kier alpha value is -0.940. The van der Waals surface area contributed by atoms with Crippen LogP contribution in [0.15, 0.2) is 11.6 Å². The molecule has 27 atom stereocenters. The molecule has 17 heteroatoms. The fourth-order valence-corrected chi connectivity index (χ4v) is 14.1. The van der Waals surface area contributed by atoms with Crippen molar-refractivity contribution < 1.29 is 79.1 Å². The molecule has 0 bridgehead atoms. The number of piperidine rings is 1. The largest absolute Gasteiger partial charge is 0.394 e. The maximum atomic E-state index is 12.3. The van der Waals surface area contributed by atoms with Crippen molar-refractivity contribution in [3.63, 3.8) is 0 Å². The number of hydrogen-bond acceptors (Lipinski definition) is 17. The molecule has 8 fully saturated rings. The fourth-order valence-electron chi connectivity index (χ4n) is 14.1. The second-order valence-electron chi connectivity index (χ2n) is 21.3. The number of hydrogen-bond donors (Lipinski definition) is 10. The zero-order valence-electron chi connectivity index (χ0n) is 36.9. The van der Waals surface area contributed by atoms with Gasteiger partial charge in [-0.2, -0.15) is 0 Å².